The van der Waals surface area contributed by atoms with E-state index < -0.39 is 0 Å². The SMILES string of the molecule is CCOC(=O)c1sc2nc([C@H](C)N3CCCCCCC3)[nH]c(=O)c2c1C. The molecule has 3 rings (SSSR count). The number of hydrogen-bond donors (Lipinski definition) is 1. The lowest BCUT2D eigenvalue weighted by Crippen LogP contribution is -2.32. The number of aromatic amines is 1. The highest BCUT2D eigenvalue weighted by molar-refractivity contribution is 7.20. The van der Waals surface area contributed by atoms with Gasteiger partial charge in [0.25, 0.3) is 5.56 Å². The van der Waals surface area contributed by atoms with E-state index in [1.807, 2.05) is 0 Å². The van der Waals surface area contributed by atoms with Crippen molar-refractivity contribution in [1.29, 1.82) is 0 Å². The highest BCUT2D eigenvalue weighted by Crippen LogP contribution is 2.29. The summed E-state index contributed by atoms with van der Waals surface area (Å²) in [6, 6.07) is 0.0543. The van der Waals surface area contributed by atoms with Crippen molar-refractivity contribution in [2.45, 2.75) is 58.9 Å². The molecule has 0 unspecified atom stereocenters. The smallest absolute Gasteiger partial charge is 0.348 e. The number of carbonyl (C=O) groups is 1. The third-order valence-electron chi connectivity index (χ3n) is 5.11. The van der Waals surface area contributed by atoms with Crippen molar-refractivity contribution in [3.63, 3.8) is 0 Å². The quantitative estimate of drug-likeness (QED) is 0.820. The molecular weight excluding hydrogens is 350 g/mol. The molecule has 6 nitrogen and oxygen atoms in total. The first-order chi connectivity index (χ1) is 12.5. The van der Waals surface area contributed by atoms with Crippen LogP contribution in [0.1, 0.15) is 73.1 Å². The molecule has 2 aromatic rings. The maximum atomic E-state index is 12.7. The maximum Gasteiger partial charge on any atom is 0.348 e. The zero-order chi connectivity index (χ0) is 18.7. The van der Waals surface area contributed by atoms with Crippen molar-refractivity contribution >= 4 is 27.5 Å². The lowest BCUT2D eigenvalue weighted by Gasteiger charge is -2.29. The van der Waals surface area contributed by atoms with Crippen LogP contribution in [0.25, 0.3) is 10.2 Å². The second kappa shape index (κ2) is 8.31. The Bertz CT molecular complexity index is 834. The van der Waals surface area contributed by atoms with E-state index in [1.54, 1.807) is 13.8 Å². The van der Waals surface area contributed by atoms with Crippen molar-refractivity contribution in [3.05, 3.63) is 26.6 Å². The topological polar surface area (TPSA) is 75.3 Å². The van der Waals surface area contributed by atoms with Gasteiger partial charge in [-0.05, 0) is 52.3 Å². The summed E-state index contributed by atoms with van der Waals surface area (Å²) in [5.74, 6) is 0.297. The van der Waals surface area contributed by atoms with Gasteiger partial charge in [-0.2, -0.15) is 0 Å². The number of aromatic nitrogens is 2. The largest absolute Gasteiger partial charge is 0.462 e. The summed E-state index contributed by atoms with van der Waals surface area (Å²) in [5.41, 5.74) is 0.482. The van der Waals surface area contributed by atoms with Gasteiger partial charge in [-0.1, -0.05) is 19.3 Å². The molecule has 2 aromatic heterocycles. The minimum Gasteiger partial charge on any atom is -0.462 e. The molecule has 1 atom stereocenters. The van der Waals surface area contributed by atoms with Crippen LogP contribution in [0, 0.1) is 6.92 Å². The second-order valence-electron chi connectivity index (χ2n) is 6.89. The summed E-state index contributed by atoms with van der Waals surface area (Å²) in [6.07, 6.45) is 6.21. The zero-order valence-electron chi connectivity index (χ0n) is 15.8. The number of fused-ring (bicyclic) bond motifs is 1. The number of esters is 1. The number of nitrogens with zero attached hydrogens (tertiary/aromatic N) is 2. The van der Waals surface area contributed by atoms with Gasteiger partial charge in [-0.15, -0.1) is 11.3 Å². The van der Waals surface area contributed by atoms with Crippen LogP contribution in [0.4, 0.5) is 0 Å². The van der Waals surface area contributed by atoms with E-state index in [0.29, 0.717) is 33.1 Å². The number of carbonyl (C=O) groups excluding carboxylic acids is 1. The Balaban J connectivity index is 1.94. The molecule has 3 heterocycles. The Morgan fingerprint density at radius 3 is 2.58 bits per heavy atom. The lowest BCUT2D eigenvalue weighted by molar-refractivity contribution is 0.0531. The van der Waals surface area contributed by atoms with Gasteiger partial charge in [0.2, 0.25) is 0 Å². The molecule has 142 valence electrons. The van der Waals surface area contributed by atoms with Crippen LogP contribution < -0.4 is 5.56 Å². The Hall–Kier alpha value is -1.73. The van der Waals surface area contributed by atoms with Gasteiger partial charge in [-0.25, -0.2) is 9.78 Å². The van der Waals surface area contributed by atoms with Gasteiger partial charge in [0.05, 0.1) is 18.0 Å². The Labute approximate surface area is 157 Å². The van der Waals surface area contributed by atoms with Crippen LogP contribution in [0.3, 0.4) is 0 Å². The third-order valence-corrected chi connectivity index (χ3v) is 6.28. The van der Waals surface area contributed by atoms with Gasteiger partial charge >= 0.3 is 5.97 Å². The first-order valence-corrected chi connectivity index (χ1v) is 10.3. The fourth-order valence-corrected chi connectivity index (χ4v) is 4.66. The van der Waals surface area contributed by atoms with Crippen molar-refractivity contribution in [2.75, 3.05) is 19.7 Å². The molecule has 0 bridgehead atoms. The van der Waals surface area contributed by atoms with Gasteiger partial charge in [-0.3, -0.25) is 9.69 Å². The first kappa shape index (κ1) is 19.0. The van der Waals surface area contributed by atoms with Crippen molar-refractivity contribution in [1.82, 2.24) is 14.9 Å². The van der Waals surface area contributed by atoms with E-state index in [0.717, 1.165) is 13.1 Å². The van der Waals surface area contributed by atoms with Crippen molar-refractivity contribution in [2.24, 2.45) is 0 Å². The number of nitrogens with one attached hydrogen (secondary N) is 1. The Morgan fingerprint density at radius 1 is 1.27 bits per heavy atom. The molecule has 1 aliphatic rings. The van der Waals surface area contributed by atoms with E-state index in [2.05, 4.69) is 16.8 Å². The molecular formula is C19H27N3O3S. The highest BCUT2D eigenvalue weighted by atomic mass is 32.1. The summed E-state index contributed by atoms with van der Waals surface area (Å²) < 4.78 is 5.10. The van der Waals surface area contributed by atoms with Gasteiger partial charge in [0.1, 0.15) is 15.5 Å². The number of rotatable bonds is 4. The normalized spacial score (nSPS) is 17.7. The molecule has 0 radical (unpaired) electrons. The molecule has 0 aromatic carbocycles. The summed E-state index contributed by atoms with van der Waals surface area (Å²) >= 11 is 1.25. The number of ether oxygens (including phenoxy) is 1. The van der Waals surface area contributed by atoms with Crippen LogP contribution in [0.5, 0.6) is 0 Å². The molecule has 1 saturated heterocycles. The monoisotopic (exact) mass is 377 g/mol. The molecule has 1 N–H and O–H groups in total. The molecule has 0 aliphatic carbocycles. The van der Waals surface area contributed by atoms with Crippen LogP contribution in [0.15, 0.2) is 4.79 Å². The standard InChI is InChI=1S/C19H27N3O3S/c1-4-25-19(24)15-12(2)14-17(23)20-16(21-18(14)26-15)13(3)22-10-8-6-5-7-9-11-22/h13H,4-11H2,1-3H3,(H,20,21,23)/t13-/m0/s1. The van der Waals surface area contributed by atoms with Crippen molar-refractivity contribution in [3.8, 4) is 0 Å². The average Bonchev–Trinajstić information content (AvgIpc) is 2.91. The molecule has 1 fully saturated rings. The van der Waals surface area contributed by atoms with E-state index in [1.165, 1.54) is 43.4 Å². The van der Waals surface area contributed by atoms with Gasteiger partial charge < -0.3 is 9.72 Å². The minimum absolute atomic E-state index is 0.0543. The van der Waals surface area contributed by atoms with Crippen LogP contribution in [-0.2, 0) is 4.74 Å². The van der Waals surface area contributed by atoms with Gasteiger partial charge in [0, 0.05) is 0 Å². The minimum atomic E-state index is -0.384. The fraction of sp³-hybridized carbons (Fsp3) is 0.632. The Kier molecular flexibility index (Phi) is 6.09. The predicted molar refractivity (Wildman–Crippen MR) is 104 cm³/mol. The molecule has 0 amide bonds. The number of likely N-dealkylation sites (tertiary alicyclic amines) is 1. The van der Waals surface area contributed by atoms with Gasteiger partial charge in [0.15, 0.2) is 0 Å². The molecule has 1 aliphatic heterocycles. The second-order valence-corrected chi connectivity index (χ2v) is 7.89. The van der Waals surface area contributed by atoms with E-state index in [9.17, 15) is 9.59 Å². The summed E-state index contributed by atoms with van der Waals surface area (Å²) in [4.78, 5) is 35.9. The van der Waals surface area contributed by atoms with Crippen LogP contribution >= 0.6 is 11.3 Å². The van der Waals surface area contributed by atoms with Crippen LogP contribution in [0.2, 0.25) is 0 Å². The lowest BCUT2D eigenvalue weighted by atomic mass is 10.1. The molecule has 0 spiro atoms. The zero-order valence-corrected chi connectivity index (χ0v) is 16.6. The first-order valence-electron chi connectivity index (χ1n) is 9.47. The number of hydrogen-bond acceptors (Lipinski definition) is 6. The van der Waals surface area contributed by atoms with E-state index in [4.69, 9.17) is 9.72 Å². The maximum absolute atomic E-state index is 12.7. The number of aryl methyl sites for hydroxylation is 1. The molecule has 7 heteroatoms. The Morgan fingerprint density at radius 2 is 1.92 bits per heavy atom. The average molecular weight is 378 g/mol. The van der Waals surface area contributed by atoms with Crippen LogP contribution in [-0.4, -0.2) is 40.5 Å². The van der Waals surface area contributed by atoms with E-state index >= 15 is 0 Å². The highest BCUT2D eigenvalue weighted by Gasteiger charge is 2.23. The molecule has 0 saturated carbocycles. The van der Waals surface area contributed by atoms with E-state index in [-0.39, 0.29) is 17.6 Å². The fourth-order valence-electron chi connectivity index (χ4n) is 3.58. The number of thiophene rings is 1. The number of H-pyrrole nitrogens is 1. The summed E-state index contributed by atoms with van der Waals surface area (Å²) in [7, 11) is 0. The molecule has 26 heavy (non-hydrogen) atoms. The summed E-state index contributed by atoms with van der Waals surface area (Å²) in [5, 5.41) is 0.502. The van der Waals surface area contributed by atoms with Crippen molar-refractivity contribution < 1.29 is 9.53 Å². The predicted octanol–water partition coefficient (Wildman–Crippen LogP) is 3.80. The summed E-state index contributed by atoms with van der Waals surface area (Å²) in [6.45, 7) is 8.02. The third kappa shape index (κ3) is 3.83.